The molecule has 162 valence electrons. The molecule has 1 aromatic heterocycles. The van der Waals surface area contributed by atoms with Crippen LogP contribution in [0.25, 0.3) is 11.3 Å². The van der Waals surface area contributed by atoms with Gasteiger partial charge in [-0.15, -0.1) is 0 Å². The molecular weight excluding hydrogens is 418 g/mol. The summed E-state index contributed by atoms with van der Waals surface area (Å²) in [5.41, 5.74) is 2.20. The Morgan fingerprint density at radius 2 is 1.61 bits per heavy atom. The van der Waals surface area contributed by atoms with Gasteiger partial charge in [-0.05, 0) is 61.4 Å². The lowest BCUT2D eigenvalue weighted by Gasteiger charge is -2.34. The van der Waals surface area contributed by atoms with Crippen LogP contribution in [0.1, 0.15) is 25.1 Å². The average Bonchev–Trinajstić information content (AvgIpc) is 3.06. The number of anilines is 2. The molecule has 5 rings (SSSR count). The highest BCUT2D eigenvalue weighted by Gasteiger charge is 2.33. The average molecular weight is 443 g/mol. The molecule has 1 amide bonds. The number of hydrogen-bond acceptors (Lipinski definition) is 3. The summed E-state index contributed by atoms with van der Waals surface area (Å²) in [4.78, 5) is 19.4. The molecule has 1 N–H and O–H groups in total. The minimum Gasteiger partial charge on any atom is -0.340 e. The third-order valence-electron chi connectivity index (χ3n) is 5.96. The second-order valence-corrected chi connectivity index (χ2v) is 7.90. The van der Waals surface area contributed by atoms with Crippen molar-refractivity contribution in [2.45, 2.75) is 32.4 Å². The lowest BCUT2D eigenvalue weighted by molar-refractivity contribution is -0.139. The molecule has 1 fully saturated rings. The van der Waals surface area contributed by atoms with Crippen molar-refractivity contribution in [1.29, 1.82) is 0 Å². The van der Waals surface area contributed by atoms with E-state index in [2.05, 4.69) is 9.88 Å². The van der Waals surface area contributed by atoms with Gasteiger partial charge in [-0.3, -0.25) is 4.79 Å². The maximum atomic E-state index is 13.4. The maximum absolute atomic E-state index is 13.4. The van der Waals surface area contributed by atoms with Gasteiger partial charge in [0.1, 0.15) is 29.0 Å². The molecule has 8 heteroatoms. The van der Waals surface area contributed by atoms with E-state index in [4.69, 9.17) is 4.98 Å². The predicted octanol–water partition coefficient (Wildman–Crippen LogP) is 4.83. The number of fused-ring (bicyclic) bond motifs is 1. The molecule has 0 radical (unpaired) electrons. The van der Waals surface area contributed by atoms with Crippen molar-refractivity contribution in [3.8, 4) is 11.3 Å². The zero-order valence-electron chi connectivity index (χ0n) is 16.9. The van der Waals surface area contributed by atoms with Crippen LogP contribution in [0.5, 0.6) is 0 Å². The molecule has 3 aromatic rings. The van der Waals surface area contributed by atoms with Gasteiger partial charge >= 0.3 is 0 Å². The van der Waals surface area contributed by atoms with Gasteiger partial charge in [0.25, 0.3) is 0 Å². The molecule has 2 aliphatic rings. The third-order valence-corrected chi connectivity index (χ3v) is 5.96. The minimum atomic E-state index is -0.312. The molecule has 0 unspecified atom stereocenters. The van der Waals surface area contributed by atoms with Crippen LogP contribution in [0.4, 0.5) is 20.3 Å². The summed E-state index contributed by atoms with van der Waals surface area (Å²) in [6.45, 7) is 1.69. The van der Waals surface area contributed by atoms with Gasteiger partial charge in [0.05, 0.1) is 6.54 Å². The maximum Gasteiger partial charge on any atom is 0.226 e. The van der Waals surface area contributed by atoms with Gasteiger partial charge in [0.2, 0.25) is 5.91 Å². The van der Waals surface area contributed by atoms with Gasteiger partial charge in [0.15, 0.2) is 0 Å². The Hall–Kier alpha value is -2.87. The number of halogens is 2. The number of benzene rings is 2. The number of carbonyl (C=O) groups is 1. The first-order chi connectivity index (χ1) is 14.6. The van der Waals surface area contributed by atoms with Gasteiger partial charge in [0, 0.05) is 30.3 Å². The summed E-state index contributed by atoms with van der Waals surface area (Å²) >= 11 is 0. The number of nitrogens with zero attached hydrogens (tertiary/aromatic N) is 3. The van der Waals surface area contributed by atoms with Gasteiger partial charge in [-0.1, -0.05) is 6.42 Å². The summed E-state index contributed by atoms with van der Waals surface area (Å²) in [7, 11) is 0. The Morgan fingerprint density at radius 1 is 0.968 bits per heavy atom. The summed E-state index contributed by atoms with van der Waals surface area (Å²) in [5, 5.41) is 3.35. The zero-order chi connectivity index (χ0) is 20.7. The fourth-order valence-electron chi connectivity index (χ4n) is 4.04. The Labute approximate surface area is 186 Å². The first-order valence-corrected chi connectivity index (χ1v) is 10.3. The number of nitrogens with one attached hydrogen (secondary N) is 1. The number of amides is 1. The highest BCUT2D eigenvalue weighted by Crippen LogP contribution is 2.35. The van der Waals surface area contributed by atoms with E-state index in [0.717, 1.165) is 42.2 Å². The largest absolute Gasteiger partial charge is 0.340 e. The molecule has 1 saturated carbocycles. The van der Waals surface area contributed by atoms with Crippen LogP contribution in [0.15, 0.2) is 48.5 Å². The normalized spacial score (nSPS) is 15.6. The molecule has 2 aromatic carbocycles. The molecule has 2 heterocycles. The monoisotopic (exact) mass is 442 g/mol. The van der Waals surface area contributed by atoms with Crippen LogP contribution < -0.4 is 5.32 Å². The van der Waals surface area contributed by atoms with Crippen molar-refractivity contribution in [2.75, 3.05) is 11.9 Å². The summed E-state index contributed by atoms with van der Waals surface area (Å²) in [6, 6.07) is 12.3. The van der Waals surface area contributed by atoms with Gasteiger partial charge in [-0.2, -0.15) is 13.5 Å². The van der Waals surface area contributed by atoms with E-state index >= 15 is 0 Å². The van der Waals surface area contributed by atoms with Crippen LogP contribution in [0.3, 0.4) is 0 Å². The topological polar surface area (TPSA) is 50.2 Å². The number of carbonyl (C=O) groups excluding carboxylic acids is 1. The van der Waals surface area contributed by atoms with Crippen LogP contribution in [0.2, 0.25) is 0 Å². The second kappa shape index (κ2) is 8.70. The molecule has 31 heavy (non-hydrogen) atoms. The van der Waals surface area contributed by atoms with Crippen molar-refractivity contribution >= 4 is 30.9 Å². The fraction of sp³-hybridized carbons (Fsp3) is 0.304. The first-order valence-electron chi connectivity index (χ1n) is 10.3. The predicted molar refractivity (Wildman–Crippen MR) is 120 cm³/mol. The van der Waals surface area contributed by atoms with E-state index in [1.165, 1.54) is 24.3 Å². The second-order valence-electron chi connectivity index (χ2n) is 7.90. The number of aromatic nitrogens is 2. The van der Waals surface area contributed by atoms with Crippen molar-refractivity contribution in [3.05, 3.63) is 66.0 Å². The molecule has 1 aliphatic heterocycles. The fourth-order valence-corrected chi connectivity index (χ4v) is 4.04. The van der Waals surface area contributed by atoms with E-state index < -0.39 is 0 Å². The Balaban J connectivity index is 0.00000231. The van der Waals surface area contributed by atoms with Crippen LogP contribution in [-0.4, -0.2) is 26.9 Å². The summed E-state index contributed by atoms with van der Waals surface area (Å²) in [6.07, 6.45) is 3.07. The quantitative estimate of drug-likeness (QED) is 0.630. The molecular formula is C23H24F2N4OS. The molecule has 5 nitrogen and oxygen atoms in total. The van der Waals surface area contributed by atoms with E-state index in [0.29, 0.717) is 25.3 Å². The smallest absolute Gasteiger partial charge is 0.226 e. The van der Waals surface area contributed by atoms with Crippen molar-refractivity contribution in [2.24, 2.45) is 5.92 Å². The molecule has 0 spiro atoms. The van der Waals surface area contributed by atoms with Crippen LogP contribution in [0, 0.1) is 17.6 Å². The van der Waals surface area contributed by atoms with Gasteiger partial charge < -0.3 is 14.8 Å². The molecule has 0 bridgehead atoms. The van der Waals surface area contributed by atoms with Crippen molar-refractivity contribution in [3.63, 3.8) is 0 Å². The summed E-state index contributed by atoms with van der Waals surface area (Å²) in [5.74, 6) is 1.30. The SMILES string of the molecule is O=C(C1CCC1)N1CCn2c(nc(-c3ccc(F)cc3)c2Nc2ccc(F)cc2)C1.S. The molecule has 0 atom stereocenters. The van der Waals surface area contributed by atoms with Crippen molar-refractivity contribution in [1.82, 2.24) is 14.5 Å². The van der Waals surface area contributed by atoms with Crippen LogP contribution in [-0.2, 0) is 17.9 Å². The Kier molecular flexibility index (Phi) is 6.00. The van der Waals surface area contributed by atoms with E-state index in [-0.39, 0.29) is 37.0 Å². The lowest BCUT2D eigenvalue weighted by Crippen LogP contribution is -2.43. The zero-order valence-corrected chi connectivity index (χ0v) is 17.9. The third kappa shape index (κ3) is 4.17. The van der Waals surface area contributed by atoms with E-state index in [1.54, 1.807) is 24.3 Å². The molecule has 1 aliphatic carbocycles. The first kappa shape index (κ1) is 21.4. The van der Waals surface area contributed by atoms with Crippen LogP contribution >= 0.6 is 13.5 Å². The van der Waals surface area contributed by atoms with E-state index in [9.17, 15) is 13.6 Å². The van der Waals surface area contributed by atoms with Crippen molar-refractivity contribution < 1.29 is 13.6 Å². The lowest BCUT2D eigenvalue weighted by atomic mass is 9.84. The highest BCUT2D eigenvalue weighted by molar-refractivity contribution is 7.59. The Bertz CT molecular complexity index is 1080. The standard InChI is InChI=1S/C23H22F2N4O.H2S/c24-17-6-4-15(5-7-17)21-22(26-19-10-8-18(25)9-11-19)29-13-12-28(14-20(29)27-21)23(30)16-2-1-3-16;/h4-11,16,26H,1-3,12-14H2;1H2. The minimum absolute atomic E-state index is 0. The number of imidazole rings is 1. The number of hydrogen-bond donors (Lipinski definition) is 1. The number of rotatable bonds is 4. The molecule has 0 saturated heterocycles. The Morgan fingerprint density at radius 3 is 2.23 bits per heavy atom. The summed E-state index contributed by atoms with van der Waals surface area (Å²) < 4.78 is 28.8. The highest BCUT2D eigenvalue weighted by atomic mass is 32.1. The van der Waals surface area contributed by atoms with Gasteiger partial charge in [-0.25, -0.2) is 13.8 Å². The van der Waals surface area contributed by atoms with E-state index in [1.807, 2.05) is 4.90 Å².